The predicted octanol–water partition coefficient (Wildman–Crippen LogP) is 5.39. The fourth-order valence-electron chi connectivity index (χ4n) is 4.35. The van der Waals surface area contributed by atoms with Gasteiger partial charge in [0.15, 0.2) is 5.17 Å². The molecule has 2 N–H and O–H groups in total. The maximum atomic E-state index is 13.5. The fourth-order valence-corrected chi connectivity index (χ4v) is 5.53. The molecule has 2 amide bonds. The van der Waals surface area contributed by atoms with Crippen LogP contribution in [0.15, 0.2) is 84.0 Å². The number of carbonyl (C=O) groups excluding carboxylic acids is 2. The molecule has 8 nitrogen and oxygen atoms in total. The first-order valence-electron chi connectivity index (χ1n) is 12.2. The number of rotatable bonds is 9. The lowest BCUT2D eigenvalue weighted by Crippen LogP contribution is -2.35. The number of ether oxygens (including phenoxy) is 2. The van der Waals surface area contributed by atoms with Crippen molar-refractivity contribution in [1.82, 2.24) is 9.88 Å². The van der Waals surface area contributed by atoms with E-state index in [9.17, 15) is 9.59 Å². The second-order valence-corrected chi connectivity index (χ2v) is 9.96. The van der Waals surface area contributed by atoms with E-state index in [1.165, 1.54) is 11.8 Å². The van der Waals surface area contributed by atoms with Crippen LogP contribution < -0.4 is 14.8 Å². The number of fused-ring (bicyclic) bond motifs is 1. The summed E-state index contributed by atoms with van der Waals surface area (Å²) in [5, 5.41) is 3.93. The van der Waals surface area contributed by atoms with Gasteiger partial charge < -0.3 is 19.8 Å². The Hall–Kier alpha value is -4.24. The molecule has 1 fully saturated rings. The Morgan fingerprint density at radius 3 is 2.61 bits per heavy atom. The molecule has 194 valence electrons. The largest absolute Gasteiger partial charge is 0.497 e. The molecule has 38 heavy (non-hydrogen) atoms. The third-order valence-electron chi connectivity index (χ3n) is 6.31. The van der Waals surface area contributed by atoms with Gasteiger partial charge in [-0.25, -0.2) is 4.99 Å². The zero-order valence-corrected chi connectivity index (χ0v) is 22.0. The van der Waals surface area contributed by atoms with E-state index in [0.29, 0.717) is 35.3 Å². The second-order valence-electron chi connectivity index (χ2n) is 8.79. The van der Waals surface area contributed by atoms with E-state index >= 15 is 0 Å². The number of carbonyl (C=O) groups is 2. The highest BCUT2D eigenvalue weighted by atomic mass is 32.2. The van der Waals surface area contributed by atoms with E-state index in [0.717, 1.165) is 22.2 Å². The van der Waals surface area contributed by atoms with Crippen molar-refractivity contribution in [2.24, 2.45) is 4.99 Å². The molecule has 4 aromatic rings. The lowest BCUT2D eigenvalue weighted by Gasteiger charge is -2.16. The molecule has 5 rings (SSSR count). The van der Waals surface area contributed by atoms with Crippen molar-refractivity contribution in [3.63, 3.8) is 0 Å². The summed E-state index contributed by atoms with van der Waals surface area (Å²) in [6, 6.07) is 22.5. The van der Waals surface area contributed by atoms with Crippen LogP contribution in [0, 0.1) is 0 Å². The number of benzene rings is 3. The van der Waals surface area contributed by atoms with Gasteiger partial charge in [-0.05, 0) is 54.4 Å². The second kappa shape index (κ2) is 11.4. The van der Waals surface area contributed by atoms with E-state index in [1.807, 2.05) is 79.0 Å². The summed E-state index contributed by atoms with van der Waals surface area (Å²) < 4.78 is 10.7. The first kappa shape index (κ1) is 25.4. The number of thioether (sulfide) groups is 1. The molecule has 1 aliphatic heterocycles. The van der Waals surface area contributed by atoms with Gasteiger partial charge in [0.05, 0.1) is 19.9 Å². The summed E-state index contributed by atoms with van der Waals surface area (Å²) in [7, 11) is 3.24. The average Bonchev–Trinajstić information content (AvgIpc) is 3.47. The number of nitrogens with zero attached hydrogens (tertiary/aromatic N) is 2. The summed E-state index contributed by atoms with van der Waals surface area (Å²) in [6.07, 6.45) is 2.62. The number of methoxy groups -OCH3 is 2. The van der Waals surface area contributed by atoms with E-state index in [2.05, 4.69) is 10.3 Å². The van der Waals surface area contributed by atoms with Gasteiger partial charge >= 0.3 is 0 Å². The maximum Gasteiger partial charge on any atom is 0.242 e. The molecule has 0 bridgehead atoms. The maximum absolute atomic E-state index is 13.5. The Morgan fingerprint density at radius 2 is 1.82 bits per heavy atom. The summed E-state index contributed by atoms with van der Waals surface area (Å²) >= 11 is 1.32. The number of amides is 2. The molecule has 1 aromatic heterocycles. The number of hydrogen-bond acceptors (Lipinski definition) is 6. The van der Waals surface area contributed by atoms with E-state index in [-0.39, 0.29) is 18.2 Å². The van der Waals surface area contributed by atoms with Crippen LogP contribution in [0.25, 0.3) is 10.9 Å². The van der Waals surface area contributed by atoms with E-state index < -0.39 is 5.25 Å². The first-order chi connectivity index (χ1) is 18.5. The number of anilines is 1. The molecule has 1 aliphatic rings. The molecular formula is C29H28N4O4S. The van der Waals surface area contributed by atoms with Gasteiger partial charge in [0.1, 0.15) is 16.7 Å². The third kappa shape index (κ3) is 5.68. The van der Waals surface area contributed by atoms with Crippen molar-refractivity contribution in [2.45, 2.75) is 18.1 Å². The van der Waals surface area contributed by atoms with Gasteiger partial charge in [-0.1, -0.05) is 36.0 Å². The average molecular weight is 529 g/mol. The van der Waals surface area contributed by atoms with Gasteiger partial charge in [0, 0.05) is 41.8 Å². The molecule has 0 unspecified atom stereocenters. The van der Waals surface area contributed by atoms with Gasteiger partial charge in [-0.15, -0.1) is 0 Å². The van der Waals surface area contributed by atoms with Crippen LogP contribution in [0.4, 0.5) is 11.4 Å². The molecule has 0 spiro atoms. The van der Waals surface area contributed by atoms with Crippen LogP contribution >= 0.6 is 11.8 Å². The molecule has 3 aromatic carbocycles. The summed E-state index contributed by atoms with van der Waals surface area (Å²) in [6.45, 7) is 0.426. The Balaban J connectivity index is 1.37. The number of hydrogen-bond donors (Lipinski definition) is 2. The number of aromatic amines is 1. The number of aliphatic imine (C=N–C) groups is 1. The standard InChI is InChI=1S/C29H28N4O4S/c1-36-22-10-6-9-21(15-22)32-29-33(14-13-19-18-30-25-12-11-23(37-2)16-24(19)25)28(35)26(38-29)17-27(34)31-20-7-4-3-5-8-20/h3-12,15-16,18,26,30H,13-14,17H2,1-2H3,(H,31,34)/t26-/m0/s1. The minimum absolute atomic E-state index is 0.0519. The molecule has 9 heteroatoms. The van der Waals surface area contributed by atoms with Gasteiger partial charge in [-0.2, -0.15) is 0 Å². The monoisotopic (exact) mass is 528 g/mol. The summed E-state index contributed by atoms with van der Waals surface area (Å²) in [5.41, 5.74) is 3.45. The lowest BCUT2D eigenvalue weighted by atomic mass is 10.1. The lowest BCUT2D eigenvalue weighted by molar-refractivity contribution is -0.128. The van der Waals surface area contributed by atoms with Gasteiger partial charge in [-0.3, -0.25) is 14.5 Å². The molecule has 0 saturated carbocycles. The number of amidine groups is 1. The van der Waals surface area contributed by atoms with Crippen molar-refractivity contribution in [3.8, 4) is 11.5 Å². The van der Waals surface area contributed by atoms with Crippen LogP contribution in [0.2, 0.25) is 0 Å². The highest BCUT2D eigenvalue weighted by Gasteiger charge is 2.39. The summed E-state index contributed by atoms with van der Waals surface area (Å²) in [4.78, 5) is 36.0. The summed E-state index contributed by atoms with van der Waals surface area (Å²) in [5.74, 6) is 1.11. The predicted molar refractivity (Wildman–Crippen MR) is 151 cm³/mol. The number of H-pyrrole nitrogens is 1. The van der Waals surface area contributed by atoms with E-state index in [4.69, 9.17) is 14.5 Å². The van der Waals surface area contributed by atoms with Crippen LogP contribution in [0.1, 0.15) is 12.0 Å². The van der Waals surface area contributed by atoms with Crippen LogP contribution in [-0.2, 0) is 16.0 Å². The Kier molecular flexibility index (Phi) is 7.65. The van der Waals surface area contributed by atoms with Gasteiger partial charge in [0.2, 0.25) is 11.8 Å². The number of aromatic nitrogens is 1. The third-order valence-corrected chi connectivity index (χ3v) is 7.48. The molecule has 1 atom stereocenters. The van der Waals surface area contributed by atoms with E-state index in [1.54, 1.807) is 19.1 Å². The highest BCUT2D eigenvalue weighted by molar-refractivity contribution is 8.15. The smallest absolute Gasteiger partial charge is 0.242 e. The van der Waals surface area contributed by atoms with Crippen molar-refractivity contribution in [2.75, 3.05) is 26.1 Å². The van der Waals surface area contributed by atoms with Crippen molar-refractivity contribution < 1.29 is 19.1 Å². The van der Waals surface area contributed by atoms with Gasteiger partial charge in [0.25, 0.3) is 0 Å². The van der Waals surface area contributed by atoms with Crippen molar-refractivity contribution in [3.05, 3.63) is 84.6 Å². The van der Waals surface area contributed by atoms with Crippen LogP contribution in [0.5, 0.6) is 11.5 Å². The highest BCUT2D eigenvalue weighted by Crippen LogP contribution is 2.33. The first-order valence-corrected chi connectivity index (χ1v) is 13.1. The Labute approximate surface area is 225 Å². The number of para-hydroxylation sites is 1. The minimum atomic E-state index is -0.564. The molecule has 0 radical (unpaired) electrons. The zero-order valence-electron chi connectivity index (χ0n) is 21.1. The molecule has 2 heterocycles. The zero-order chi connectivity index (χ0) is 26.5. The molecule has 0 aliphatic carbocycles. The van der Waals surface area contributed by atoms with Crippen molar-refractivity contribution >= 4 is 51.0 Å². The Bertz CT molecular complexity index is 1480. The fraction of sp³-hybridized carbons (Fsp3) is 0.207. The SMILES string of the molecule is COc1cccc(N=C2S[C@@H](CC(=O)Nc3ccccc3)C(=O)N2CCc2c[nH]c3ccc(OC)cc23)c1. The van der Waals surface area contributed by atoms with Crippen molar-refractivity contribution in [1.29, 1.82) is 0 Å². The topological polar surface area (TPSA) is 96.0 Å². The quantitative estimate of drug-likeness (QED) is 0.304. The Morgan fingerprint density at radius 1 is 1.03 bits per heavy atom. The normalized spacial score (nSPS) is 16.3. The van der Waals surface area contributed by atoms with Crippen LogP contribution in [0.3, 0.4) is 0 Å². The molecular weight excluding hydrogens is 500 g/mol. The van der Waals surface area contributed by atoms with Crippen LogP contribution in [-0.4, -0.2) is 52.9 Å². The minimum Gasteiger partial charge on any atom is -0.497 e. The number of nitrogens with one attached hydrogen (secondary N) is 2. The molecule has 1 saturated heterocycles.